The molecular formula is C17H14Cl3NO3. The van der Waals surface area contributed by atoms with E-state index in [1.165, 1.54) is 19.2 Å². The summed E-state index contributed by atoms with van der Waals surface area (Å²) in [5.74, 6) is -0.775. The van der Waals surface area contributed by atoms with Gasteiger partial charge in [0.25, 0.3) is 0 Å². The second kappa shape index (κ2) is 8.38. The Bertz CT molecular complexity index is 778. The van der Waals surface area contributed by atoms with E-state index < -0.39 is 5.97 Å². The first-order valence-corrected chi connectivity index (χ1v) is 8.15. The van der Waals surface area contributed by atoms with Gasteiger partial charge in [0.2, 0.25) is 5.91 Å². The van der Waals surface area contributed by atoms with E-state index in [-0.39, 0.29) is 22.9 Å². The van der Waals surface area contributed by atoms with Crippen LogP contribution >= 0.6 is 34.8 Å². The number of rotatable bonds is 5. The predicted octanol–water partition coefficient (Wildman–Crippen LogP) is 5.00. The largest absolute Gasteiger partial charge is 0.465 e. The van der Waals surface area contributed by atoms with Gasteiger partial charge >= 0.3 is 5.97 Å². The van der Waals surface area contributed by atoms with Gasteiger partial charge in [-0.15, -0.1) is 0 Å². The zero-order chi connectivity index (χ0) is 17.7. The summed E-state index contributed by atoms with van der Waals surface area (Å²) in [6, 6.07) is 9.76. The summed E-state index contributed by atoms with van der Waals surface area (Å²) in [6.45, 7) is 0. The summed E-state index contributed by atoms with van der Waals surface area (Å²) in [4.78, 5) is 23.7. The Morgan fingerprint density at radius 3 is 2.46 bits per heavy atom. The minimum Gasteiger partial charge on any atom is -0.465 e. The number of ether oxygens (including phenoxy) is 1. The molecular weight excluding hydrogens is 373 g/mol. The number of halogens is 3. The van der Waals surface area contributed by atoms with Crippen LogP contribution in [0.3, 0.4) is 0 Å². The number of benzene rings is 2. The van der Waals surface area contributed by atoms with Gasteiger partial charge in [-0.05, 0) is 42.3 Å². The second-order valence-electron chi connectivity index (χ2n) is 4.97. The number of hydrogen-bond donors (Lipinski definition) is 1. The number of aryl methyl sites for hydroxylation is 1. The van der Waals surface area contributed by atoms with Crippen molar-refractivity contribution in [3.05, 3.63) is 62.6 Å². The molecule has 4 nitrogen and oxygen atoms in total. The van der Waals surface area contributed by atoms with Crippen molar-refractivity contribution >= 4 is 52.4 Å². The first kappa shape index (κ1) is 18.6. The Morgan fingerprint density at radius 1 is 1.04 bits per heavy atom. The number of nitrogens with one attached hydrogen (secondary N) is 1. The second-order valence-corrected chi connectivity index (χ2v) is 6.22. The van der Waals surface area contributed by atoms with Gasteiger partial charge in [-0.1, -0.05) is 40.9 Å². The maximum Gasteiger partial charge on any atom is 0.339 e. The lowest BCUT2D eigenvalue weighted by Crippen LogP contribution is -2.13. The average molecular weight is 387 g/mol. The highest BCUT2D eigenvalue weighted by molar-refractivity contribution is 6.35. The number of carbonyl (C=O) groups excluding carboxylic acids is 2. The lowest BCUT2D eigenvalue weighted by Gasteiger charge is -2.09. The lowest BCUT2D eigenvalue weighted by molar-refractivity contribution is -0.116. The van der Waals surface area contributed by atoms with Gasteiger partial charge in [0, 0.05) is 22.2 Å². The summed E-state index contributed by atoms with van der Waals surface area (Å²) in [6.07, 6.45) is 0.705. The minimum absolute atomic E-state index is 0.192. The predicted molar refractivity (Wildman–Crippen MR) is 96.2 cm³/mol. The third-order valence-electron chi connectivity index (χ3n) is 3.29. The van der Waals surface area contributed by atoms with Crippen molar-refractivity contribution in [2.45, 2.75) is 12.8 Å². The van der Waals surface area contributed by atoms with E-state index in [0.717, 1.165) is 5.56 Å². The summed E-state index contributed by atoms with van der Waals surface area (Å²) in [5.41, 5.74) is 1.49. The highest BCUT2D eigenvalue weighted by Gasteiger charge is 2.13. The van der Waals surface area contributed by atoms with Crippen LogP contribution in [-0.4, -0.2) is 19.0 Å². The number of carbonyl (C=O) groups is 2. The summed E-state index contributed by atoms with van der Waals surface area (Å²) in [5, 5.41) is 4.04. The van der Waals surface area contributed by atoms with Crippen molar-refractivity contribution in [2.75, 3.05) is 12.4 Å². The van der Waals surface area contributed by atoms with Crippen molar-refractivity contribution in [1.29, 1.82) is 0 Å². The highest BCUT2D eigenvalue weighted by atomic mass is 35.5. The molecule has 0 heterocycles. The van der Waals surface area contributed by atoms with Gasteiger partial charge in [0.1, 0.15) is 0 Å². The fourth-order valence-electron chi connectivity index (χ4n) is 2.07. The SMILES string of the molecule is COC(=O)c1cc(NC(=O)CCc2ccc(Cl)cc2Cl)ccc1Cl. The minimum atomic E-state index is -0.566. The molecule has 1 N–H and O–H groups in total. The molecule has 0 bridgehead atoms. The van der Waals surface area contributed by atoms with E-state index in [1.54, 1.807) is 24.3 Å². The molecule has 0 aliphatic heterocycles. The molecule has 0 spiro atoms. The molecule has 0 fully saturated rings. The van der Waals surface area contributed by atoms with Crippen LogP contribution in [0.15, 0.2) is 36.4 Å². The van der Waals surface area contributed by atoms with Gasteiger partial charge in [0.15, 0.2) is 0 Å². The van der Waals surface area contributed by atoms with Crippen LogP contribution in [0.25, 0.3) is 0 Å². The van der Waals surface area contributed by atoms with E-state index in [0.29, 0.717) is 22.2 Å². The summed E-state index contributed by atoms with van der Waals surface area (Å²) < 4.78 is 4.64. The standard InChI is InChI=1S/C17H14Cl3NO3/c1-24-17(23)13-9-12(5-6-14(13)19)21-16(22)7-3-10-2-4-11(18)8-15(10)20/h2,4-6,8-9H,3,7H2,1H3,(H,21,22). The average Bonchev–Trinajstić information content (AvgIpc) is 2.55. The zero-order valence-corrected chi connectivity index (χ0v) is 15.0. The Morgan fingerprint density at radius 2 is 1.79 bits per heavy atom. The maximum atomic E-state index is 12.1. The molecule has 0 unspecified atom stereocenters. The topological polar surface area (TPSA) is 55.4 Å². The number of amides is 1. The van der Waals surface area contributed by atoms with Crippen molar-refractivity contribution in [2.24, 2.45) is 0 Å². The number of anilines is 1. The van der Waals surface area contributed by atoms with Crippen molar-refractivity contribution < 1.29 is 14.3 Å². The Hall–Kier alpha value is -1.75. The van der Waals surface area contributed by atoms with Crippen LogP contribution < -0.4 is 5.32 Å². The lowest BCUT2D eigenvalue weighted by atomic mass is 10.1. The summed E-state index contributed by atoms with van der Waals surface area (Å²) >= 11 is 17.9. The van der Waals surface area contributed by atoms with Gasteiger partial charge in [-0.25, -0.2) is 4.79 Å². The van der Waals surface area contributed by atoms with Gasteiger partial charge in [0.05, 0.1) is 17.7 Å². The molecule has 2 rings (SSSR count). The molecule has 1 amide bonds. The number of methoxy groups -OCH3 is 1. The Labute approximate surface area is 154 Å². The van der Waals surface area contributed by atoms with Gasteiger partial charge in [-0.3, -0.25) is 4.79 Å². The van der Waals surface area contributed by atoms with Gasteiger partial charge < -0.3 is 10.1 Å². The molecule has 0 radical (unpaired) electrons. The smallest absolute Gasteiger partial charge is 0.339 e. The van der Waals surface area contributed by atoms with Crippen molar-refractivity contribution in [3.8, 4) is 0 Å². The van der Waals surface area contributed by atoms with Crippen LogP contribution in [0.2, 0.25) is 15.1 Å². The first-order chi connectivity index (χ1) is 11.4. The molecule has 0 aliphatic carbocycles. The third-order valence-corrected chi connectivity index (χ3v) is 4.21. The number of hydrogen-bond acceptors (Lipinski definition) is 3. The molecule has 0 aromatic heterocycles. The molecule has 0 saturated carbocycles. The summed E-state index contributed by atoms with van der Waals surface area (Å²) in [7, 11) is 1.26. The molecule has 7 heteroatoms. The monoisotopic (exact) mass is 385 g/mol. The molecule has 0 saturated heterocycles. The van der Waals surface area contributed by atoms with Crippen molar-refractivity contribution in [1.82, 2.24) is 0 Å². The first-order valence-electron chi connectivity index (χ1n) is 7.02. The fraction of sp³-hybridized carbons (Fsp3) is 0.176. The van der Waals surface area contributed by atoms with E-state index in [9.17, 15) is 9.59 Å². The Kier molecular flexibility index (Phi) is 6.49. The molecule has 2 aromatic rings. The van der Waals surface area contributed by atoms with E-state index >= 15 is 0 Å². The van der Waals surface area contributed by atoms with Crippen LogP contribution in [0, 0.1) is 0 Å². The maximum absolute atomic E-state index is 12.1. The van der Waals surface area contributed by atoms with E-state index in [2.05, 4.69) is 10.1 Å². The van der Waals surface area contributed by atoms with Gasteiger partial charge in [-0.2, -0.15) is 0 Å². The van der Waals surface area contributed by atoms with Crippen LogP contribution in [0.1, 0.15) is 22.3 Å². The van der Waals surface area contributed by atoms with Crippen LogP contribution in [-0.2, 0) is 16.0 Å². The third kappa shape index (κ3) is 4.87. The molecule has 0 aliphatic rings. The molecule has 2 aromatic carbocycles. The molecule has 0 atom stereocenters. The zero-order valence-electron chi connectivity index (χ0n) is 12.7. The normalized spacial score (nSPS) is 10.3. The number of esters is 1. The van der Waals surface area contributed by atoms with Crippen molar-refractivity contribution in [3.63, 3.8) is 0 Å². The van der Waals surface area contributed by atoms with E-state index in [1.807, 2.05) is 0 Å². The highest BCUT2D eigenvalue weighted by Crippen LogP contribution is 2.23. The Balaban J connectivity index is 2.01. The molecule has 24 heavy (non-hydrogen) atoms. The molecule has 126 valence electrons. The fourth-order valence-corrected chi connectivity index (χ4v) is 2.76. The quantitative estimate of drug-likeness (QED) is 0.735. The van der Waals surface area contributed by atoms with Crippen LogP contribution in [0.4, 0.5) is 5.69 Å². The van der Waals surface area contributed by atoms with Crippen LogP contribution in [0.5, 0.6) is 0 Å². The van der Waals surface area contributed by atoms with E-state index in [4.69, 9.17) is 34.8 Å².